The molecule has 1 atom stereocenters. The first-order valence-electron chi connectivity index (χ1n) is 7.57. The monoisotopic (exact) mass is 335 g/mol. The fraction of sp³-hybridized carbons (Fsp3) is 0.294. The van der Waals surface area contributed by atoms with Crippen molar-refractivity contribution in [3.8, 4) is 5.88 Å². The lowest BCUT2D eigenvalue weighted by atomic mass is 10.1. The van der Waals surface area contributed by atoms with Crippen LogP contribution >= 0.6 is 0 Å². The highest BCUT2D eigenvalue weighted by Gasteiger charge is 2.12. The quantitative estimate of drug-likeness (QED) is 0.851. The molecule has 24 heavy (non-hydrogen) atoms. The van der Waals surface area contributed by atoms with Gasteiger partial charge in [-0.25, -0.2) is 18.6 Å². The van der Waals surface area contributed by atoms with E-state index in [0.29, 0.717) is 18.1 Å². The van der Waals surface area contributed by atoms with E-state index < -0.39 is 23.7 Å². The van der Waals surface area contributed by atoms with Crippen molar-refractivity contribution in [3.05, 3.63) is 59.3 Å². The van der Waals surface area contributed by atoms with Crippen molar-refractivity contribution in [1.29, 1.82) is 0 Å². The zero-order chi connectivity index (χ0) is 17.5. The fourth-order valence-electron chi connectivity index (χ4n) is 2.11. The molecule has 0 radical (unpaired) electrons. The van der Waals surface area contributed by atoms with Crippen LogP contribution in [0.15, 0.2) is 36.5 Å². The van der Waals surface area contributed by atoms with Crippen LogP contribution in [0.5, 0.6) is 5.88 Å². The van der Waals surface area contributed by atoms with Crippen molar-refractivity contribution in [3.63, 3.8) is 0 Å². The molecule has 1 aromatic heterocycles. The van der Waals surface area contributed by atoms with Crippen molar-refractivity contribution in [2.75, 3.05) is 6.61 Å². The molecule has 0 fully saturated rings. The molecule has 1 aromatic carbocycles. The molecule has 1 heterocycles. The van der Waals surface area contributed by atoms with E-state index in [1.807, 2.05) is 6.92 Å². The molecular weight excluding hydrogens is 316 g/mol. The van der Waals surface area contributed by atoms with E-state index in [0.717, 1.165) is 17.7 Å². The first-order chi connectivity index (χ1) is 11.5. The Bertz CT molecular complexity index is 710. The van der Waals surface area contributed by atoms with E-state index in [2.05, 4.69) is 15.6 Å². The Morgan fingerprint density at radius 2 is 2.08 bits per heavy atom. The highest BCUT2D eigenvalue weighted by atomic mass is 19.2. The number of halogens is 2. The average molecular weight is 335 g/mol. The zero-order valence-electron chi connectivity index (χ0n) is 13.5. The molecule has 2 N–H and O–H groups in total. The van der Waals surface area contributed by atoms with E-state index in [1.54, 1.807) is 25.3 Å². The molecule has 5 nitrogen and oxygen atoms in total. The van der Waals surface area contributed by atoms with E-state index in [-0.39, 0.29) is 6.54 Å². The fourth-order valence-corrected chi connectivity index (χ4v) is 2.11. The molecule has 0 saturated carbocycles. The Kier molecular flexibility index (Phi) is 6.06. The summed E-state index contributed by atoms with van der Waals surface area (Å²) in [6, 6.07) is 6.17. The van der Waals surface area contributed by atoms with Crippen molar-refractivity contribution < 1.29 is 18.3 Å². The van der Waals surface area contributed by atoms with Gasteiger partial charge in [0.15, 0.2) is 11.6 Å². The summed E-state index contributed by atoms with van der Waals surface area (Å²) in [6.45, 7) is 4.24. The summed E-state index contributed by atoms with van der Waals surface area (Å²) >= 11 is 0. The topological polar surface area (TPSA) is 63.2 Å². The number of nitrogens with one attached hydrogen (secondary N) is 2. The van der Waals surface area contributed by atoms with Gasteiger partial charge in [-0.1, -0.05) is 12.1 Å². The lowest BCUT2D eigenvalue weighted by molar-refractivity contribution is 0.237. The van der Waals surface area contributed by atoms with Crippen molar-refractivity contribution in [2.45, 2.75) is 26.4 Å². The van der Waals surface area contributed by atoms with Crippen LogP contribution in [0.4, 0.5) is 13.6 Å². The lowest BCUT2D eigenvalue weighted by Gasteiger charge is -2.16. The maximum Gasteiger partial charge on any atom is 0.315 e. The number of carbonyl (C=O) groups excluding carboxylic acids is 1. The Morgan fingerprint density at radius 1 is 1.29 bits per heavy atom. The predicted octanol–water partition coefficient (Wildman–Crippen LogP) is 3.32. The highest BCUT2D eigenvalue weighted by molar-refractivity contribution is 5.74. The summed E-state index contributed by atoms with van der Waals surface area (Å²) in [5.74, 6) is -1.40. The maximum absolute atomic E-state index is 13.2. The minimum absolute atomic E-state index is 0.236. The summed E-state index contributed by atoms with van der Waals surface area (Å²) in [5, 5.41) is 5.35. The largest absolute Gasteiger partial charge is 0.478 e. The van der Waals surface area contributed by atoms with E-state index in [4.69, 9.17) is 4.74 Å². The Hall–Kier alpha value is -2.70. The van der Waals surface area contributed by atoms with Crippen molar-refractivity contribution >= 4 is 6.03 Å². The summed E-state index contributed by atoms with van der Waals surface area (Å²) in [4.78, 5) is 16.1. The van der Waals surface area contributed by atoms with Crippen LogP contribution in [-0.4, -0.2) is 17.6 Å². The molecule has 2 amide bonds. The molecule has 2 rings (SSSR count). The molecule has 2 aromatic rings. The maximum atomic E-state index is 13.2. The number of nitrogens with zero attached hydrogens (tertiary/aromatic N) is 1. The smallest absolute Gasteiger partial charge is 0.315 e. The number of pyridine rings is 1. The van der Waals surface area contributed by atoms with Gasteiger partial charge in [0.05, 0.1) is 12.6 Å². The van der Waals surface area contributed by atoms with Crippen LogP contribution in [0.1, 0.15) is 31.0 Å². The minimum atomic E-state index is -0.946. The molecular formula is C17H19F2N3O2. The summed E-state index contributed by atoms with van der Waals surface area (Å²) < 4.78 is 31.6. The highest BCUT2D eigenvalue weighted by Crippen LogP contribution is 2.16. The summed E-state index contributed by atoms with van der Waals surface area (Å²) in [5.41, 5.74) is 1.22. The molecule has 0 aliphatic heterocycles. The van der Waals surface area contributed by atoms with Gasteiger partial charge in [-0.3, -0.25) is 0 Å². The molecule has 0 saturated heterocycles. The van der Waals surface area contributed by atoms with E-state index in [1.165, 1.54) is 6.07 Å². The Labute approximate surface area is 139 Å². The molecule has 0 aliphatic carbocycles. The van der Waals surface area contributed by atoms with Gasteiger partial charge in [-0.05, 0) is 37.6 Å². The van der Waals surface area contributed by atoms with Crippen LogP contribution in [0, 0.1) is 11.6 Å². The molecule has 0 bridgehead atoms. The van der Waals surface area contributed by atoms with Crippen molar-refractivity contribution in [2.24, 2.45) is 0 Å². The van der Waals surface area contributed by atoms with E-state index >= 15 is 0 Å². The minimum Gasteiger partial charge on any atom is -0.478 e. The van der Waals surface area contributed by atoms with Gasteiger partial charge >= 0.3 is 6.03 Å². The van der Waals surface area contributed by atoms with Gasteiger partial charge in [0.25, 0.3) is 0 Å². The number of hydrogen-bond donors (Lipinski definition) is 2. The number of amides is 2. The number of urea groups is 1. The summed E-state index contributed by atoms with van der Waals surface area (Å²) in [7, 11) is 0. The number of rotatable bonds is 6. The van der Waals surface area contributed by atoms with Crippen LogP contribution in [0.25, 0.3) is 0 Å². The zero-order valence-corrected chi connectivity index (χ0v) is 13.5. The van der Waals surface area contributed by atoms with Gasteiger partial charge in [0.1, 0.15) is 0 Å². The first-order valence-corrected chi connectivity index (χ1v) is 7.57. The van der Waals surface area contributed by atoms with Crippen molar-refractivity contribution in [1.82, 2.24) is 15.6 Å². The van der Waals surface area contributed by atoms with Crippen LogP contribution in [0.2, 0.25) is 0 Å². The van der Waals surface area contributed by atoms with Crippen LogP contribution < -0.4 is 15.4 Å². The van der Waals surface area contributed by atoms with Gasteiger partial charge in [-0.15, -0.1) is 0 Å². The predicted molar refractivity (Wildman–Crippen MR) is 85.6 cm³/mol. The standard InChI is InChI=1S/C17H19F2N3O2/c1-3-24-16-13(5-4-8-20-16)10-21-17(23)22-11(2)12-6-7-14(18)15(19)9-12/h4-9,11H,3,10H2,1-2H3,(H2,21,22,23). The van der Waals surface area contributed by atoms with Crippen LogP contribution in [0.3, 0.4) is 0 Å². The second-order valence-corrected chi connectivity index (χ2v) is 5.12. The van der Waals surface area contributed by atoms with E-state index in [9.17, 15) is 13.6 Å². The first kappa shape index (κ1) is 17.7. The SMILES string of the molecule is CCOc1ncccc1CNC(=O)NC(C)c1ccc(F)c(F)c1. The third-order valence-electron chi connectivity index (χ3n) is 3.36. The van der Waals surface area contributed by atoms with Gasteiger partial charge in [0.2, 0.25) is 5.88 Å². The Morgan fingerprint density at radius 3 is 2.79 bits per heavy atom. The van der Waals surface area contributed by atoms with Crippen LogP contribution in [-0.2, 0) is 6.54 Å². The average Bonchev–Trinajstić information content (AvgIpc) is 2.56. The second kappa shape index (κ2) is 8.24. The second-order valence-electron chi connectivity index (χ2n) is 5.12. The summed E-state index contributed by atoms with van der Waals surface area (Å²) in [6.07, 6.45) is 1.61. The lowest BCUT2D eigenvalue weighted by Crippen LogP contribution is -2.36. The third-order valence-corrected chi connectivity index (χ3v) is 3.36. The Balaban J connectivity index is 1.92. The molecule has 0 aliphatic rings. The molecule has 128 valence electrons. The molecule has 1 unspecified atom stereocenters. The normalized spacial score (nSPS) is 11.7. The number of hydrogen-bond acceptors (Lipinski definition) is 3. The molecule has 7 heteroatoms. The van der Waals surface area contributed by atoms with Gasteiger partial charge in [0, 0.05) is 18.3 Å². The van der Waals surface area contributed by atoms with Gasteiger partial charge < -0.3 is 15.4 Å². The number of aromatic nitrogens is 1. The number of ether oxygens (including phenoxy) is 1. The number of benzene rings is 1. The number of carbonyl (C=O) groups is 1. The molecule has 0 spiro atoms. The van der Waals surface area contributed by atoms with Gasteiger partial charge in [-0.2, -0.15) is 0 Å². The third kappa shape index (κ3) is 4.65.